The predicted octanol–water partition coefficient (Wildman–Crippen LogP) is 4.37. The highest BCUT2D eigenvalue weighted by molar-refractivity contribution is 5.29. The lowest BCUT2D eigenvalue weighted by Crippen LogP contribution is -2.19. The van der Waals surface area contributed by atoms with Crippen LogP contribution >= 0.6 is 0 Å². The molecule has 0 aliphatic heterocycles. The molecule has 4 heteroatoms. The van der Waals surface area contributed by atoms with Crippen molar-refractivity contribution >= 4 is 0 Å². The number of halogens is 2. The molecule has 0 amide bonds. The van der Waals surface area contributed by atoms with Gasteiger partial charge in [0.05, 0.1) is 0 Å². The van der Waals surface area contributed by atoms with Crippen LogP contribution in [0.2, 0.25) is 0 Å². The Bertz CT molecular complexity index is 354. The molecule has 2 unspecified atom stereocenters. The lowest BCUT2D eigenvalue weighted by atomic mass is 9.93. The topological polar surface area (TPSA) is 21.3 Å². The Morgan fingerprint density at radius 1 is 1.21 bits per heavy atom. The van der Waals surface area contributed by atoms with Crippen LogP contribution < -0.4 is 10.1 Å². The van der Waals surface area contributed by atoms with Gasteiger partial charge in [0.2, 0.25) is 0 Å². The molecule has 2 nitrogen and oxygen atoms in total. The molecule has 0 aliphatic carbocycles. The van der Waals surface area contributed by atoms with Gasteiger partial charge in [-0.25, -0.2) is 0 Å². The van der Waals surface area contributed by atoms with E-state index >= 15 is 0 Å². The van der Waals surface area contributed by atoms with Gasteiger partial charge in [-0.05, 0) is 37.1 Å². The summed E-state index contributed by atoms with van der Waals surface area (Å²) in [6, 6.07) is 7.13. The van der Waals surface area contributed by atoms with E-state index < -0.39 is 6.61 Å². The minimum absolute atomic E-state index is 0.204. The standard InChI is InChI=1S/C15H23F2NO/c1-4-5-11(2)10-14(18-3)12-6-8-13(9-7-12)19-15(16)17/h6-9,11,14-15,18H,4-5,10H2,1-3H3. The van der Waals surface area contributed by atoms with Crippen LogP contribution in [0.5, 0.6) is 5.75 Å². The van der Waals surface area contributed by atoms with Crippen LogP contribution in [-0.2, 0) is 0 Å². The quantitative estimate of drug-likeness (QED) is 0.758. The van der Waals surface area contributed by atoms with E-state index in [1.165, 1.54) is 12.8 Å². The first-order valence-corrected chi connectivity index (χ1v) is 6.78. The largest absolute Gasteiger partial charge is 0.435 e. The van der Waals surface area contributed by atoms with Crippen LogP contribution in [0.15, 0.2) is 24.3 Å². The van der Waals surface area contributed by atoms with Crippen molar-refractivity contribution in [2.24, 2.45) is 5.92 Å². The summed E-state index contributed by atoms with van der Waals surface area (Å²) < 4.78 is 28.5. The fourth-order valence-corrected chi connectivity index (χ4v) is 2.32. The van der Waals surface area contributed by atoms with Gasteiger partial charge >= 0.3 is 6.61 Å². The SMILES string of the molecule is CCCC(C)CC(NC)c1ccc(OC(F)F)cc1. The van der Waals surface area contributed by atoms with Gasteiger partial charge in [-0.3, -0.25) is 0 Å². The summed E-state index contributed by atoms with van der Waals surface area (Å²) >= 11 is 0. The maximum Gasteiger partial charge on any atom is 0.387 e. The molecular weight excluding hydrogens is 248 g/mol. The van der Waals surface area contributed by atoms with Gasteiger partial charge in [0, 0.05) is 6.04 Å². The van der Waals surface area contributed by atoms with E-state index in [4.69, 9.17) is 0 Å². The van der Waals surface area contributed by atoms with Crippen molar-refractivity contribution in [3.63, 3.8) is 0 Å². The first-order valence-electron chi connectivity index (χ1n) is 6.78. The molecule has 19 heavy (non-hydrogen) atoms. The number of ether oxygens (including phenoxy) is 1. The molecule has 0 fully saturated rings. The summed E-state index contributed by atoms with van der Waals surface area (Å²) in [7, 11) is 1.92. The van der Waals surface area contributed by atoms with Crippen molar-refractivity contribution in [1.82, 2.24) is 5.32 Å². The highest BCUT2D eigenvalue weighted by atomic mass is 19.3. The van der Waals surface area contributed by atoms with Crippen LogP contribution in [0.25, 0.3) is 0 Å². The zero-order chi connectivity index (χ0) is 14.3. The molecule has 0 heterocycles. The first kappa shape index (κ1) is 15.9. The molecule has 0 aliphatic rings. The second kappa shape index (κ2) is 8.10. The van der Waals surface area contributed by atoms with Crippen LogP contribution in [0.3, 0.4) is 0 Å². The highest BCUT2D eigenvalue weighted by Crippen LogP contribution is 2.25. The molecule has 2 atom stereocenters. The number of nitrogens with one attached hydrogen (secondary N) is 1. The summed E-state index contributed by atoms with van der Waals surface area (Å²) in [5.41, 5.74) is 1.10. The molecule has 1 aromatic carbocycles. The van der Waals surface area contributed by atoms with Gasteiger partial charge < -0.3 is 10.1 Å². The van der Waals surface area contributed by atoms with Gasteiger partial charge in [-0.2, -0.15) is 8.78 Å². The molecule has 108 valence electrons. The van der Waals surface area contributed by atoms with Crippen LogP contribution in [0.1, 0.15) is 44.7 Å². The van der Waals surface area contributed by atoms with Gasteiger partial charge in [0.25, 0.3) is 0 Å². The van der Waals surface area contributed by atoms with E-state index in [-0.39, 0.29) is 11.8 Å². The van der Waals surface area contributed by atoms with Crippen molar-refractivity contribution in [3.05, 3.63) is 29.8 Å². The van der Waals surface area contributed by atoms with Crippen molar-refractivity contribution < 1.29 is 13.5 Å². The fourth-order valence-electron chi connectivity index (χ4n) is 2.32. The molecule has 0 spiro atoms. The van der Waals surface area contributed by atoms with Gasteiger partial charge in [-0.1, -0.05) is 38.8 Å². The number of hydrogen-bond acceptors (Lipinski definition) is 2. The molecule has 0 saturated heterocycles. The van der Waals surface area contributed by atoms with Crippen molar-refractivity contribution in [3.8, 4) is 5.75 Å². The maximum atomic E-state index is 12.1. The average Bonchev–Trinajstić information content (AvgIpc) is 2.37. The second-order valence-corrected chi connectivity index (χ2v) is 4.92. The average molecular weight is 271 g/mol. The van der Waals surface area contributed by atoms with E-state index in [2.05, 4.69) is 23.9 Å². The molecule has 0 aromatic heterocycles. The zero-order valence-electron chi connectivity index (χ0n) is 11.8. The lowest BCUT2D eigenvalue weighted by molar-refractivity contribution is -0.0498. The van der Waals surface area contributed by atoms with Crippen molar-refractivity contribution in [2.75, 3.05) is 7.05 Å². The van der Waals surface area contributed by atoms with Crippen molar-refractivity contribution in [2.45, 2.75) is 45.8 Å². The van der Waals surface area contributed by atoms with E-state index in [0.29, 0.717) is 5.92 Å². The van der Waals surface area contributed by atoms with Crippen LogP contribution in [-0.4, -0.2) is 13.7 Å². The second-order valence-electron chi connectivity index (χ2n) is 4.92. The molecule has 1 N–H and O–H groups in total. The minimum atomic E-state index is -2.77. The van der Waals surface area contributed by atoms with E-state index in [9.17, 15) is 8.78 Å². The van der Waals surface area contributed by atoms with E-state index in [1.807, 2.05) is 19.2 Å². The normalized spacial score (nSPS) is 14.4. The number of alkyl halides is 2. The number of benzene rings is 1. The number of hydrogen-bond donors (Lipinski definition) is 1. The Morgan fingerprint density at radius 3 is 2.32 bits per heavy atom. The summed E-state index contributed by atoms with van der Waals surface area (Å²) in [6.07, 6.45) is 3.42. The Kier molecular flexibility index (Phi) is 6.78. The zero-order valence-corrected chi connectivity index (χ0v) is 11.8. The summed E-state index contributed by atoms with van der Waals surface area (Å²) in [5.74, 6) is 0.842. The van der Waals surface area contributed by atoms with Gasteiger partial charge in [-0.15, -0.1) is 0 Å². The monoisotopic (exact) mass is 271 g/mol. The highest BCUT2D eigenvalue weighted by Gasteiger charge is 2.13. The Labute approximate surface area is 114 Å². The third kappa shape index (κ3) is 5.55. The van der Waals surface area contributed by atoms with Crippen LogP contribution in [0.4, 0.5) is 8.78 Å². The van der Waals surface area contributed by atoms with E-state index in [0.717, 1.165) is 12.0 Å². The van der Waals surface area contributed by atoms with Gasteiger partial charge in [0.15, 0.2) is 0 Å². The molecular formula is C15H23F2NO. The van der Waals surface area contributed by atoms with Gasteiger partial charge in [0.1, 0.15) is 5.75 Å². The molecule has 0 saturated carbocycles. The Balaban J connectivity index is 2.65. The summed E-state index contributed by atoms with van der Waals surface area (Å²) in [5, 5.41) is 3.28. The third-order valence-electron chi connectivity index (χ3n) is 3.28. The van der Waals surface area contributed by atoms with E-state index in [1.54, 1.807) is 12.1 Å². The predicted molar refractivity (Wildman–Crippen MR) is 73.6 cm³/mol. The first-order chi connectivity index (χ1) is 9.06. The molecule has 1 aromatic rings. The minimum Gasteiger partial charge on any atom is -0.435 e. The Morgan fingerprint density at radius 2 is 1.84 bits per heavy atom. The number of rotatable bonds is 8. The molecule has 0 radical (unpaired) electrons. The smallest absolute Gasteiger partial charge is 0.387 e. The summed E-state index contributed by atoms with van der Waals surface area (Å²) in [6.45, 7) is 1.65. The van der Waals surface area contributed by atoms with Crippen LogP contribution in [0, 0.1) is 5.92 Å². The fraction of sp³-hybridized carbons (Fsp3) is 0.600. The third-order valence-corrected chi connectivity index (χ3v) is 3.28. The molecule has 1 rings (SSSR count). The lowest BCUT2D eigenvalue weighted by Gasteiger charge is -2.21. The van der Waals surface area contributed by atoms with Crippen molar-refractivity contribution in [1.29, 1.82) is 0 Å². The summed E-state index contributed by atoms with van der Waals surface area (Å²) in [4.78, 5) is 0. The maximum absolute atomic E-state index is 12.1. The Hall–Kier alpha value is -1.16. The molecule has 0 bridgehead atoms.